The molecule has 0 heterocycles. The maximum absolute atomic E-state index is 11.1. The summed E-state index contributed by atoms with van der Waals surface area (Å²) in [5.41, 5.74) is 0. The molecule has 0 radical (unpaired) electrons. The van der Waals surface area contributed by atoms with Crippen LogP contribution in [0.15, 0.2) is 12.7 Å². The molecule has 1 unspecified atom stereocenters. The molecule has 1 atom stereocenters. The quantitative estimate of drug-likeness (QED) is 0.379. The Morgan fingerprint density at radius 2 is 2.12 bits per heavy atom. The SMILES string of the molecule is C=CCOC(=O)CC(O)C(=O)OCCCC. The summed E-state index contributed by atoms with van der Waals surface area (Å²) < 4.78 is 9.35. The summed E-state index contributed by atoms with van der Waals surface area (Å²) in [4.78, 5) is 22.1. The average Bonchev–Trinajstić information content (AvgIpc) is 2.26. The summed E-state index contributed by atoms with van der Waals surface area (Å²) in [6.45, 7) is 5.64. The predicted octanol–water partition coefficient (Wildman–Crippen LogP) is 0.810. The number of unbranched alkanes of at least 4 members (excludes halogenated alkanes) is 1. The van der Waals surface area contributed by atoms with E-state index in [0.29, 0.717) is 0 Å². The molecule has 5 heteroatoms. The molecular formula is C11H18O5. The molecule has 0 aromatic carbocycles. The largest absolute Gasteiger partial charge is 0.464 e. The van der Waals surface area contributed by atoms with Crippen LogP contribution in [0.3, 0.4) is 0 Å². The molecular weight excluding hydrogens is 212 g/mol. The molecule has 16 heavy (non-hydrogen) atoms. The van der Waals surface area contributed by atoms with Crippen LogP contribution in [-0.4, -0.2) is 36.4 Å². The van der Waals surface area contributed by atoms with Crippen LogP contribution in [-0.2, 0) is 19.1 Å². The lowest BCUT2D eigenvalue weighted by atomic mass is 10.2. The van der Waals surface area contributed by atoms with Crippen molar-refractivity contribution in [2.75, 3.05) is 13.2 Å². The first kappa shape index (κ1) is 14.6. The number of carbonyl (C=O) groups is 2. The lowest BCUT2D eigenvalue weighted by Gasteiger charge is -2.09. The standard InChI is InChI=1S/C11H18O5/c1-3-5-7-16-11(14)9(12)8-10(13)15-6-4-2/h4,9,12H,2-3,5-8H2,1H3. The van der Waals surface area contributed by atoms with E-state index in [2.05, 4.69) is 11.3 Å². The van der Waals surface area contributed by atoms with E-state index in [1.807, 2.05) is 6.92 Å². The van der Waals surface area contributed by atoms with Crippen LogP contribution in [0.5, 0.6) is 0 Å². The molecule has 0 aliphatic rings. The zero-order valence-corrected chi connectivity index (χ0v) is 9.48. The Hall–Kier alpha value is -1.36. The summed E-state index contributed by atoms with van der Waals surface area (Å²) in [7, 11) is 0. The monoisotopic (exact) mass is 230 g/mol. The summed E-state index contributed by atoms with van der Waals surface area (Å²) in [5.74, 6) is -1.44. The van der Waals surface area contributed by atoms with Crippen LogP contribution in [0.2, 0.25) is 0 Å². The highest BCUT2D eigenvalue weighted by Crippen LogP contribution is 1.99. The third-order valence-corrected chi connectivity index (χ3v) is 1.74. The van der Waals surface area contributed by atoms with E-state index < -0.39 is 24.5 Å². The van der Waals surface area contributed by atoms with E-state index >= 15 is 0 Å². The third kappa shape index (κ3) is 7.00. The van der Waals surface area contributed by atoms with Crippen LogP contribution < -0.4 is 0 Å². The van der Waals surface area contributed by atoms with Crippen LogP contribution >= 0.6 is 0 Å². The maximum atomic E-state index is 11.1. The number of hydrogen-bond donors (Lipinski definition) is 1. The second kappa shape index (κ2) is 8.91. The molecule has 0 aromatic rings. The Kier molecular flexibility index (Phi) is 8.15. The minimum atomic E-state index is -1.45. The second-order valence-corrected chi connectivity index (χ2v) is 3.21. The van der Waals surface area contributed by atoms with Crippen LogP contribution in [0.25, 0.3) is 0 Å². The minimum Gasteiger partial charge on any atom is -0.464 e. The first-order valence-corrected chi connectivity index (χ1v) is 5.23. The number of ether oxygens (including phenoxy) is 2. The molecule has 0 saturated heterocycles. The van der Waals surface area contributed by atoms with Gasteiger partial charge in [-0.1, -0.05) is 26.0 Å². The van der Waals surface area contributed by atoms with Gasteiger partial charge in [0.05, 0.1) is 13.0 Å². The number of esters is 2. The summed E-state index contributed by atoms with van der Waals surface area (Å²) in [6, 6.07) is 0. The lowest BCUT2D eigenvalue weighted by Crippen LogP contribution is -2.27. The highest BCUT2D eigenvalue weighted by atomic mass is 16.6. The van der Waals surface area contributed by atoms with Gasteiger partial charge in [-0.05, 0) is 6.42 Å². The summed E-state index contributed by atoms with van der Waals surface area (Å²) >= 11 is 0. The molecule has 5 nitrogen and oxygen atoms in total. The van der Waals surface area contributed by atoms with Crippen molar-refractivity contribution in [2.45, 2.75) is 32.3 Å². The molecule has 0 aromatic heterocycles. The van der Waals surface area contributed by atoms with E-state index in [4.69, 9.17) is 4.74 Å². The lowest BCUT2D eigenvalue weighted by molar-refractivity contribution is -0.159. The zero-order chi connectivity index (χ0) is 12.4. The topological polar surface area (TPSA) is 72.8 Å². The van der Waals surface area contributed by atoms with Crippen molar-refractivity contribution in [3.8, 4) is 0 Å². The zero-order valence-electron chi connectivity index (χ0n) is 9.48. The van der Waals surface area contributed by atoms with Gasteiger partial charge < -0.3 is 14.6 Å². The van der Waals surface area contributed by atoms with Gasteiger partial charge in [0, 0.05) is 0 Å². The van der Waals surface area contributed by atoms with Gasteiger partial charge >= 0.3 is 11.9 Å². The Bertz CT molecular complexity index is 237. The number of rotatable bonds is 8. The molecule has 92 valence electrons. The normalized spacial score (nSPS) is 11.6. The van der Waals surface area contributed by atoms with Crippen LogP contribution in [0.1, 0.15) is 26.2 Å². The van der Waals surface area contributed by atoms with Crippen LogP contribution in [0, 0.1) is 0 Å². The molecule has 0 rings (SSSR count). The fourth-order valence-corrected chi connectivity index (χ4v) is 0.865. The molecule has 0 spiro atoms. The van der Waals surface area contributed by atoms with Crippen molar-refractivity contribution in [2.24, 2.45) is 0 Å². The molecule has 0 bridgehead atoms. The van der Waals surface area contributed by atoms with Gasteiger partial charge in [-0.25, -0.2) is 4.79 Å². The first-order valence-electron chi connectivity index (χ1n) is 5.23. The predicted molar refractivity (Wildman–Crippen MR) is 57.6 cm³/mol. The molecule has 0 amide bonds. The second-order valence-electron chi connectivity index (χ2n) is 3.21. The van der Waals surface area contributed by atoms with Crippen molar-refractivity contribution in [1.82, 2.24) is 0 Å². The van der Waals surface area contributed by atoms with Crippen molar-refractivity contribution in [3.05, 3.63) is 12.7 Å². The Morgan fingerprint density at radius 1 is 1.44 bits per heavy atom. The smallest absolute Gasteiger partial charge is 0.335 e. The Balaban J connectivity index is 3.76. The van der Waals surface area contributed by atoms with E-state index in [1.165, 1.54) is 6.08 Å². The number of hydrogen-bond acceptors (Lipinski definition) is 5. The number of aliphatic hydroxyl groups excluding tert-OH is 1. The van der Waals surface area contributed by atoms with Gasteiger partial charge in [0.2, 0.25) is 0 Å². The molecule has 0 aliphatic carbocycles. The van der Waals surface area contributed by atoms with Gasteiger partial charge in [-0.15, -0.1) is 0 Å². The van der Waals surface area contributed by atoms with Gasteiger partial charge in [0.1, 0.15) is 6.61 Å². The van der Waals surface area contributed by atoms with Gasteiger partial charge in [0.25, 0.3) is 0 Å². The van der Waals surface area contributed by atoms with E-state index in [1.54, 1.807) is 0 Å². The highest BCUT2D eigenvalue weighted by Gasteiger charge is 2.20. The third-order valence-electron chi connectivity index (χ3n) is 1.74. The average molecular weight is 230 g/mol. The fraction of sp³-hybridized carbons (Fsp3) is 0.636. The number of carbonyl (C=O) groups excluding carboxylic acids is 2. The Morgan fingerprint density at radius 3 is 2.69 bits per heavy atom. The van der Waals surface area contributed by atoms with Crippen LogP contribution in [0.4, 0.5) is 0 Å². The maximum Gasteiger partial charge on any atom is 0.335 e. The van der Waals surface area contributed by atoms with Crippen molar-refractivity contribution in [3.63, 3.8) is 0 Å². The first-order chi connectivity index (χ1) is 7.61. The van der Waals surface area contributed by atoms with Gasteiger partial charge in [0.15, 0.2) is 6.10 Å². The van der Waals surface area contributed by atoms with E-state index in [9.17, 15) is 14.7 Å². The van der Waals surface area contributed by atoms with Crippen molar-refractivity contribution in [1.29, 1.82) is 0 Å². The Labute approximate surface area is 95.0 Å². The fourth-order valence-electron chi connectivity index (χ4n) is 0.865. The molecule has 0 fully saturated rings. The molecule has 0 aliphatic heterocycles. The summed E-state index contributed by atoms with van der Waals surface area (Å²) in [5, 5.41) is 9.29. The van der Waals surface area contributed by atoms with Crippen molar-refractivity contribution < 1.29 is 24.2 Å². The minimum absolute atomic E-state index is 0.0659. The van der Waals surface area contributed by atoms with Crippen molar-refractivity contribution >= 4 is 11.9 Å². The van der Waals surface area contributed by atoms with Gasteiger partial charge in [-0.2, -0.15) is 0 Å². The van der Waals surface area contributed by atoms with E-state index in [0.717, 1.165) is 12.8 Å². The van der Waals surface area contributed by atoms with E-state index in [-0.39, 0.29) is 13.2 Å². The van der Waals surface area contributed by atoms with Gasteiger partial charge in [-0.3, -0.25) is 4.79 Å². The summed E-state index contributed by atoms with van der Waals surface area (Å²) in [6.07, 6.45) is 1.20. The molecule has 1 N–H and O–H groups in total. The highest BCUT2D eigenvalue weighted by molar-refractivity contribution is 5.81. The number of aliphatic hydroxyl groups is 1. The molecule has 0 saturated carbocycles.